The van der Waals surface area contributed by atoms with Crippen molar-refractivity contribution in [2.24, 2.45) is 0 Å². The fraction of sp³-hybridized carbons (Fsp3) is 0.118. The molecule has 25 heavy (non-hydrogen) atoms. The highest BCUT2D eigenvalue weighted by atomic mass is 35.5. The highest BCUT2D eigenvalue weighted by molar-refractivity contribution is 7.99. The summed E-state index contributed by atoms with van der Waals surface area (Å²) >= 11 is 7.08. The van der Waals surface area contributed by atoms with Crippen molar-refractivity contribution in [2.45, 2.75) is 5.16 Å². The van der Waals surface area contributed by atoms with E-state index in [9.17, 15) is 4.79 Å². The highest BCUT2D eigenvalue weighted by Crippen LogP contribution is 2.30. The molecule has 0 fully saturated rings. The van der Waals surface area contributed by atoms with Gasteiger partial charge in [0, 0.05) is 16.3 Å². The lowest BCUT2D eigenvalue weighted by atomic mass is 10.2. The number of aromatic nitrogens is 3. The van der Waals surface area contributed by atoms with Crippen LogP contribution in [0.4, 0.5) is 0 Å². The molecular formula is C17H14ClN3O3S. The lowest BCUT2D eigenvalue weighted by Crippen LogP contribution is -2.03. The Morgan fingerprint density at radius 2 is 2.00 bits per heavy atom. The van der Waals surface area contributed by atoms with Crippen LogP contribution in [-0.2, 0) is 4.79 Å². The van der Waals surface area contributed by atoms with Crippen molar-refractivity contribution >= 4 is 29.3 Å². The number of carboxylic acids is 1. The number of hydrogen-bond donors (Lipinski definition) is 1. The molecule has 1 heterocycles. The number of thioether (sulfide) groups is 1. The second-order valence-corrected chi connectivity index (χ2v) is 6.41. The Morgan fingerprint density at radius 3 is 2.68 bits per heavy atom. The van der Waals surface area contributed by atoms with Gasteiger partial charge < -0.3 is 9.84 Å². The van der Waals surface area contributed by atoms with Crippen LogP contribution in [0.15, 0.2) is 53.7 Å². The maximum atomic E-state index is 10.9. The minimum Gasteiger partial charge on any atom is -0.497 e. The van der Waals surface area contributed by atoms with E-state index in [4.69, 9.17) is 21.4 Å². The van der Waals surface area contributed by atoms with Gasteiger partial charge in [0.15, 0.2) is 11.0 Å². The summed E-state index contributed by atoms with van der Waals surface area (Å²) < 4.78 is 7.07. The lowest BCUT2D eigenvalue weighted by Gasteiger charge is -2.10. The van der Waals surface area contributed by atoms with Crippen LogP contribution in [-0.4, -0.2) is 38.7 Å². The van der Waals surface area contributed by atoms with Crippen molar-refractivity contribution in [2.75, 3.05) is 12.9 Å². The van der Waals surface area contributed by atoms with Crippen LogP contribution >= 0.6 is 23.4 Å². The van der Waals surface area contributed by atoms with Gasteiger partial charge in [-0.05, 0) is 36.4 Å². The van der Waals surface area contributed by atoms with Gasteiger partial charge in [-0.1, -0.05) is 35.5 Å². The number of nitrogens with zero attached hydrogens (tertiary/aromatic N) is 3. The quantitative estimate of drug-likeness (QED) is 0.661. The molecule has 0 saturated carbocycles. The summed E-state index contributed by atoms with van der Waals surface area (Å²) in [6.07, 6.45) is 0. The van der Waals surface area contributed by atoms with Crippen LogP contribution in [0.25, 0.3) is 17.1 Å². The summed E-state index contributed by atoms with van der Waals surface area (Å²) in [6.45, 7) is 0. The summed E-state index contributed by atoms with van der Waals surface area (Å²) in [5.74, 6) is 0.264. The standard InChI is InChI=1S/C17H14ClN3O3S/c1-24-14-4-2-3-11(9-14)16-19-20-17(25-10-15(22)23)21(16)13-7-5-12(18)6-8-13/h2-9H,10H2,1H3,(H,22,23). The number of ether oxygens (including phenoxy) is 1. The monoisotopic (exact) mass is 375 g/mol. The number of halogens is 1. The molecule has 0 spiro atoms. The second-order valence-electron chi connectivity index (χ2n) is 5.03. The number of carbonyl (C=O) groups is 1. The molecule has 0 aliphatic rings. The lowest BCUT2D eigenvalue weighted by molar-refractivity contribution is -0.133. The summed E-state index contributed by atoms with van der Waals surface area (Å²) in [5.41, 5.74) is 1.60. The number of rotatable bonds is 6. The molecule has 0 atom stereocenters. The summed E-state index contributed by atoms with van der Waals surface area (Å²) in [6, 6.07) is 14.6. The first-order chi connectivity index (χ1) is 12.1. The number of aliphatic carboxylic acids is 1. The maximum Gasteiger partial charge on any atom is 0.313 e. The Balaban J connectivity index is 2.11. The first-order valence-corrected chi connectivity index (χ1v) is 8.65. The summed E-state index contributed by atoms with van der Waals surface area (Å²) in [4.78, 5) is 10.9. The van der Waals surface area contributed by atoms with Crippen LogP contribution in [0.5, 0.6) is 5.75 Å². The Hall–Kier alpha value is -2.51. The largest absolute Gasteiger partial charge is 0.497 e. The van der Waals surface area contributed by atoms with Crippen molar-refractivity contribution in [3.05, 3.63) is 53.6 Å². The molecule has 0 aliphatic heterocycles. The normalized spacial score (nSPS) is 10.6. The number of hydrogen-bond acceptors (Lipinski definition) is 5. The van der Waals surface area contributed by atoms with Crippen LogP contribution in [0.2, 0.25) is 5.02 Å². The van der Waals surface area contributed by atoms with E-state index < -0.39 is 5.97 Å². The van der Waals surface area contributed by atoms with Crippen LogP contribution < -0.4 is 4.74 Å². The van der Waals surface area contributed by atoms with E-state index >= 15 is 0 Å². The molecule has 6 nitrogen and oxygen atoms in total. The molecule has 0 unspecified atom stereocenters. The van der Waals surface area contributed by atoms with Crippen molar-refractivity contribution in [3.63, 3.8) is 0 Å². The number of carboxylic acid groups (broad SMARTS) is 1. The molecule has 0 radical (unpaired) electrons. The first-order valence-electron chi connectivity index (χ1n) is 7.29. The van der Waals surface area contributed by atoms with E-state index in [1.807, 2.05) is 36.4 Å². The zero-order valence-corrected chi connectivity index (χ0v) is 14.8. The molecule has 0 bridgehead atoms. The average Bonchev–Trinajstić information content (AvgIpc) is 3.04. The third-order valence-electron chi connectivity index (χ3n) is 3.37. The zero-order valence-electron chi connectivity index (χ0n) is 13.2. The SMILES string of the molecule is COc1cccc(-c2nnc(SCC(=O)O)n2-c2ccc(Cl)cc2)c1. The number of benzene rings is 2. The molecule has 3 rings (SSSR count). The Labute approximate surface area is 153 Å². The van der Waals surface area contributed by atoms with Gasteiger partial charge >= 0.3 is 5.97 Å². The predicted octanol–water partition coefficient (Wildman–Crippen LogP) is 3.77. The first kappa shape index (κ1) is 17.3. The highest BCUT2D eigenvalue weighted by Gasteiger charge is 2.17. The van der Waals surface area contributed by atoms with Crippen LogP contribution in [0, 0.1) is 0 Å². The molecule has 1 aromatic heterocycles. The van der Waals surface area contributed by atoms with Crippen molar-refractivity contribution < 1.29 is 14.6 Å². The Morgan fingerprint density at radius 1 is 1.24 bits per heavy atom. The minimum absolute atomic E-state index is 0.107. The van der Waals surface area contributed by atoms with Crippen molar-refractivity contribution in [1.82, 2.24) is 14.8 Å². The molecule has 0 amide bonds. The molecule has 8 heteroatoms. The third-order valence-corrected chi connectivity index (χ3v) is 4.54. The number of methoxy groups -OCH3 is 1. The molecule has 0 aliphatic carbocycles. The van der Waals surface area contributed by atoms with Gasteiger partial charge in [-0.3, -0.25) is 9.36 Å². The molecule has 3 aromatic rings. The topological polar surface area (TPSA) is 77.2 Å². The van der Waals surface area contributed by atoms with Gasteiger partial charge in [0.25, 0.3) is 0 Å². The predicted molar refractivity (Wildman–Crippen MR) is 96.7 cm³/mol. The van der Waals surface area contributed by atoms with Gasteiger partial charge in [0.1, 0.15) is 5.75 Å². The van der Waals surface area contributed by atoms with Gasteiger partial charge in [-0.25, -0.2) is 0 Å². The van der Waals surface area contributed by atoms with Gasteiger partial charge in [0.05, 0.1) is 12.9 Å². The maximum absolute atomic E-state index is 10.9. The van der Waals surface area contributed by atoms with E-state index in [-0.39, 0.29) is 5.75 Å². The third kappa shape index (κ3) is 3.94. The molecule has 0 saturated heterocycles. The van der Waals surface area contributed by atoms with E-state index in [2.05, 4.69) is 10.2 Å². The fourth-order valence-corrected chi connectivity index (χ4v) is 3.06. The Kier molecular flexibility index (Phi) is 5.25. The van der Waals surface area contributed by atoms with Gasteiger partial charge in [0.2, 0.25) is 0 Å². The zero-order chi connectivity index (χ0) is 17.8. The molecule has 1 N–H and O–H groups in total. The Bertz CT molecular complexity index is 896. The summed E-state index contributed by atoms with van der Waals surface area (Å²) in [7, 11) is 1.59. The van der Waals surface area contributed by atoms with Crippen LogP contribution in [0.3, 0.4) is 0 Å². The van der Waals surface area contributed by atoms with E-state index in [1.165, 1.54) is 0 Å². The van der Waals surface area contributed by atoms with Crippen LogP contribution in [0.1, 0.15) is 0 Å². The second kappa shape index (κ2) is 7.58. The van der Waals surface area contributed by atoms with E-state index in [1.54, 1.807) is 23.8 Å². The van der Waals surface area contributed by atoms with Gasteiger partial charge in [-0.2, -0.15) is 0 Å². The minimum atomic E-state index is -0.918. The van der Waals surface area contributed by atoms with E-state index in [0.717, 1.165) is 23.0 Å². The van der Waals surface area contributed by atoms with E-state index in [0.29, 0.717) is 21.8 Å². The van der Waals surface area contributed by atoms with Crippen molar-refractivity contribution in [1.29, 1.82) is 0 Å². The average molecular weight is 376 g/mol. The molecule has 2 aromatic carbocycles. The summed E-state index contributed by atoms with van der Waals surface area (Å²) in [5, 5.41) is 18.5. The van der Waals surface area contributed by atoms with Crippen molar-refractivity contribution in [3.8, 4) is 22.8 Å². The molecular weight excluding hydrogens is 362 g/mol. The van der Waals surface area contributed by atoms with Gasteiger partial charge in [-0.15, -0.1) is 10.2 Å². The smallest absolute Gasteiger partial charge is 0.313 e. The molecule has 128 valence electrons. The fourth-order valence-electron chi connectivity index (χ4n) is 2.26.